The number of hydrogen-bond acceptors (Lipinski definition) is 3. The second-order valence-electron chi connectivity index (χ2n) is 2.62. The van der Waals surface area contributed by atoms with Crippen LogP contribution in [-0.4, -0.2) is 19.2 Å². The summed E-state index contributed by atoms with van der Waals surface area (Å²) in [6.45, 7) is 5.53. The van der Waals surface area contributed by atoms with E-state index in [-0.39, 0.29) is 5.91 Å². The molecule has 0 aromatic heterocycles. The van der Waals surface area contributed by atoms with Gasteiger partial charge in [-0.05, 0) is 6.92 Å². The molecule has 80 valence electrons. The second-order valence-corrected chi connectivity index (χ2v) is 2.62. The van der Waals surface area contributed by atoms with E-state index in [1.807, 2.05) is 6.92 Å². The van der Waals surface area contributed by atoms with Gasteiger partial charge in [-0.2, -0.15) is 0 Å². The van der Waals surface area contributed by atoms with Gasteiger partial charge in [0.2, 0.25) is 5.91 Å². The second kappa shape index (κ2) is 7.12. The van der Waals surface area contributed by atoms with E-state index in [1.54, 1.807) is 27.2 Å². The van der Waals surface area contributed by atoms with Crippen LogP contribution in [0.25, 0.3) is 0 Å². The number of rotatable bonds is 5. The van der Waals surface area contributed by atoms with Crippen molar-refractivity contribution in [2.24, 2.45) is 4.99 Å². The van der Waals surface area contributed by atoms with Crippen LogP contribution in [0.15, 0.2) is 16.6 Å². The SMILES string of the molecule is C/C=N\C(NC(=O)CC)=C(/CC)OC. The minimum atomic E-state index is -0.0615. The van der Waals surface area contributed by atoms with Gasteiger partial charge >= 0.3 is 0 Å². The lowest BCUT2D eigenvalue weighted by atomic mass is 10.3. The topological polar surface area (TPSA) is 50.7 Å². The molecule has 0 spiro atoms. The highest BCUT2D eigenvalue weighted by Gasteiger charge is 2.06. The average Bonchev–Trinajstić information content (AvgIpc) is 2.19. The number of ether oxygens (including phenoxy) is 1. The van der Waals surface area contributed by atoms with Gasteiger partial charge < -0.3 is 10.1 Å². The van der Waals surface area contributed by atoms with Gasteiger partial charge in [0.05, 0.1) is 7.11 Å². The zero-order valence-electron chi connectivity index (χ0n) is 9.26. The van der Waals surface area contributed by atoms with Crippen LogP contribution in [-0.2, 0) is 9.53 Å². The minimum absolute atomic E-state index is 0.0615. The predicted molar refractivity (Wildman–Crippen MR) is 56.9 cm³/mol. The van der Waals surface area contributed by atoms with Crippen LogP contribution >= 0.6 is 0 Å². The highest BCUT2D eigenvalue weighted by molar-refractivity contribution is 5.77. The molecule has 0 radical (unpaired) electrons. The Morgan fingerprint density at radius 1 is 1.43 bits per heavy atom. The lowest BCUT2D eigenvalue weighted by molar-refractivity contribution is -0.120. The van der Waals surface area contributed by atoms with Crippen molar-refractivity contribution in [1.82, 2.24) is 5.32 Å². The Bertz CT molecular complexity index is 239. The van der Waals surface area contributed by atoms with E-state index in [1.165, 1.54) is 0 Å². The lowest BCUT2D eigenvalue weighted by Gasteiger charge is -2.09. The number of amides is 1. The van der Waals surface area contributed by atoms with Crippen LogP contribution in [0.1, 0.15) is 33.6 Å². The smallest absolute Gasteiger partial charge is 0.225 e. The Morgan fingerprint density at radius 2 is 2.07 bits per heavy atom. The van der Waals surface area contributed by atoms with Crippen molar-refractivity contribution < 1.29 is 9.53 Å². The van der Waals surface area contributed by atoms with Gasteiger partial charge in [0.25, 0.3) is 0 Å². The first-order valence-electron chi connectivity index (χ1n) is 4.75. The molecular formula is C10H18N2O2. The molecule has 1 N–H and O–H groups in total. The van der Waals surface area contributed by atoms with E-state index >= 15 is 0 Å². The highest BCUT2D eigenvalue weighted by atomic mass is 16.5. The lowest BCUT2D eigenvalue weighted by Crippen LogP contribution is -2.22. The van der Waals surface area contributed by atoms with Crippen LogP contribution in [0.5, 0.6) is 0 Å². The number of methoxy groups -OCH3 is 1. The summed E-state index contributed by atoms with van der Waals surface area (Å²) in [7, 11) is 1.57. The first kappa shape index (κ1) is 12.7. The van der Waals surface area contributed by atoms with Crippen LogP contribution < -0.4 is 5.32 Å². The van der Waals surface area contributed by atoms with E-state index < -0.39 is 0 Å². The summed E-state index contributed by atoms with van der Waals surface area (Å²) in [6, 6.07) is 0. The van der Waals surface area contributed by atoms with Crippen molar-refractivity contribution in [1.29, 1.82) is 0 Å². The maximum Gasteiger partial charge on any atom is 0.225 e. The number of carbonyl (C=O) groups is 1. The summed E-state index contributed by atoms with van der Waals surface area (Å²) in [5.74, 6) is 1.13. The Morgan fingerprint density at radius 3 is 2.43 bits per heavy atom. The van der Waals surface area contributed by atoms with Crippen LogP contribution in [0.3, 0.4) is 0 Å². The maximum atomic E-state index is 11.2. The molecule has 0 aliphatic carbocycles. The molecule has 0 fully saturated rings. The monoisotopic (exact) mass is 198 g/mol. The molecule has 4 heteroatoms. The molecule has 0 saturated carbocycles. The molecule has 0 saturated heterocycles. The van der Waals surface area contributed by atoms with Crippen LogP contribution in [0, 0.1) is 0 Å². The summed E-state index contributed by atoms with van der Waals surface area (Å²) in [5, 5.41) is 2.69. The Hall–Kier alpha value is -1.32. The predicted octanol–water partition coefficient (Wildman–Crippen LogP) is 1.83. The molecule has 0 bridgehead atoms. The van der Waals surface area contributed by atoms with Crippen molar-refractivity contribution in [3.8, 4) is 0 Å². The summed E-state index contributed by atoms with van der Waals surface area (Å²) >= 11 is 0. The molecule has 0 heterocycles. The zero-order valence-corrected chi connectivity index (χ0v) is 9.26. The Balaban J connectivity index is 4.73. The molecule has 0 aliphatic rings. The van der Waals surface area contributed by atoms with Crippen LogP contribution in [0.4, 0.5) is 0 Å². The van der Waals surface area contributed by atoms with E-state index in [0.29, 0.717) is 24.4 Å². The zero-order chi connectivity index (χ0) is 11.0. The fourth-order valence-corrected chi connectivity index (χ4v) is 0.932. The molecule has 0 rings (SSSR count). The van der Waals surface area contributed by atoms with Crippen LogP contribution in [0.2, 0.25) is 0 Å². The number of nitrogens with zero attached hydrogens (tertiary/aromatic N) is 1. The van der Waals surface area contributed by atoms with Crippen molar-refractivity contribution >= 4 is 12.1 Å². The van der Waals surface area contributed by atoms with E-state index in [2.05, 4.69) is 10.3 Å². The van der Waals surface area contributed by atoms with Gasteiger partial charge in [-0.3, -0.25) is 4.79 Å². The molecule has 0 unspecified atom stereocenters. The van der Waals surface area contributed by atoms with Crippen molar-refractivity contribution in [2.75, 3.05) is 7.11 Å². The summed E-state index contributed by atoms with van der Waals surface area (Å²) in [5.41, 5.74) is 0. The Labute approximate surface area is 85.1 Å². The number of nitrogens with one attached hydrogen (secondary N) is 1. The third-order valence-electron chi connectivity index (χ3n) is 1.67. The highest BCUT2D eigenvalue weighted by Crippen LogP contribution is 2.08. The number of hydrogen-bond donors (Lipinski definition) is 1. The fraction of sp³-hybridized carbons (Fsp3) is 0.600. The van der Waals surface area contributed by atoms with Gasteiger partial charge in [-0.25, -0.2) is 4.99 Å². The van der Waals surface area contributed by atoms with Gasteiger partial charge in [-0.1, -0.05) is 13.8 Å². The summed E-state index contributed by atoms with van der Waals surface area (Å²) in [4.78, 5) is 15.2. The van der Waals surface area contributed by atoms with Gasteiger partial charge in [0.1, 0.15) is 5.76 Å². The summed E-state index contributed by atoms with van der Waals surface area (Å²) < 4.78 is 5.11. The number of aliphatic imine (C=N–C) groups is 1. The third kappa shape index (κ3) is 4.07. The van der Waals surface area contributed by atoms with E-state index in [9.17, 15) is 4.79 Å². The molecular weight excluding hydrogens is 180 g/mol. The normalized spacial score (nSPS) is 12.6. The third-order valence-corrected chi connectivity index (χ3v) is 1.67. The average molecular weight is 198 g/mol. The van der Waals surface area contributed by atoms with Crippen molar-refractivity contribution in [2.45, 2.75) is 33.6 Å². The molecule has 1 amide bonds. The van der Waals surface area contributed by atoms with E-state index in [0.717, 1.165) is 0 Å². The fourth-order valence-electron chi connectivity index (χ4n) is 0.932. The first-order chi connectivity index (χ1) is 6.69. The van der Waals surface area contributed by atoms with Gasteiger partial charge in [0.15, 0.2) is 5.82 Å². The van der Waals surface area contributed by atoms with Crippen molar-refractivity contribution in [3.63, 3.8) is 0 Å². The first-order valence-corrected chi connectivity index (χ1v) is 4.75. The largest absolute Gasteiger partial charge is 0.497 e. The standard InChI is InChI=1S/C10H18N2O2/c1-5-8(14-4)10(11-7-3)12-9(13)6-2/h7H,5-6H2,1-4H3,(H,12,13)/b10-8-,11-7-. The quantitative estimate of drug-likeness (QED) is 0.541. The Kier molecular flexibility index (Phi) is 6.45. The molecule has 0 aromatic carbocycles. The van der Waals surface area contributed by atoms with E-state index in [4.69, 9.17) is 4.74 Å². The summed E-state index contributed by atoms with van der Waals surface area (Å²) in [6.07, 6.45) is 2.76. The molecule has 0 aromatic rings. The maximum absolute atomic E-state index is 11.2. The molecule has 0 aliphatic heterocycles. The van der Waals surface area contributed by atoms with Gasteiger partial charge in [-0.15, -0.1) is 0 Å². The number of carbonyl (C=O) groups excluding carboxylic acids is 1. The molecule has 4 nitrogen and oxygen atoms in total. The van der Waals surface area contributed by atoms with Crippen molar-refractivity contribution in [3.05, 3.63) is 11.6 Å². The molecule has 0 atom stereocenters. The minimum Gasteiger partial charge on any atom is -0.497 e. The van der Waals surface area contributed by atoms with Gasteiger partial charge in [0, 0.05) is 19.1 Å². The molecule has 14 heavy (non-hydrogen) atoms. The number of allylic oxidation sites excluding steroid dienone is 1.